The van der Waals surface area contributed by atoms with Crippen molar-refractivity contribution in [2.45, 2.75) is 18.7 Å². The molecule has 1 aromatic heterocycles. The zero-order chi connectivity index (χ0) is 14.2. The van der Waals surface area contributed by atoms with Crippen LogP contribution in [0.5, 0.6) is 0 Å². The molecule has 1 aromatic rings. The molecule has 0 atom stereocenters. The lowest BCUT2D eigenvalue weighted by Gasteiger charge is -2.33. The molecule has 0 bridgehead atoms. The second-order valence-corrected chi connectivity index (χ2v) is 6.57. The Kier molecular flexibility index (Phi) is 3.64. The molecule has 106 valence electrons. The fraction of sp³-hybridized carbons (Fsp3) is 0.636. The van der Waals surface area contributed by atoms with Gasteiger partial charge in [0.1, 0.15) is 4.90 Å². The summed E-state index contributed by atoms with van der Waals surface area (Å²) < 4.78 is 27.8. The summed E-state index contributed by atoms with van der Waals surface area (Å²) in [6.07, 6.45) is 1.52. The summed E-state index contributed by atoms with van der Waals surface area (Å²) in [5, 5.41) is 4.06. The van der Waals surface area contributed by atoms with Crippen molar-refractivity contribution in [1.29, 1.82) is 0 Å². The number of aryl methyl sites for hydroxylation is 2. The highest BCUT2D eigenvalue weighted by Crippen LogP contribution is 2.20. The van der Waals surface area contributed by atoms with E-state index < -0.39 is 10.0 Å². The van der Waals surface area contributed by atoms with Crippen molar-refractivity contribution in [2.24, 2.45) is 7.05 Å². The average molecular weight is 286 g/mol. The lowest BCUT2D eigenvalue weighted by atomic mass is 10.3. The van der Waals surface area contributed by atoms with Gasteiger partial charge in [-0.25, -0.2) is 8.42 Å². The quantitative estimate of drug-likeness (QED) is 0.740. The van der Waals surface area contributed by atoms with Crippen LogP contribution in [0.15, 0.2) is 11.1 Å². The first kappa shape index (κ1) is 14.0. The molecule has 1 saturated heterocycles. The molecule has 1 aliphatic rings. The van der Waals surface area contributed by atoms with E-state index in [0.29, 0.717) is 31.9 Å². The SMILES string of the molecule is CC(=O)N1CCN(S(=O)(=O)c2cn(C)nc2C)CC1. The number of carbonyl (C=O) groups excluding carboxylic acids is 1. The number of aromatic nitrogens is 2. The van der Waals surface area contributed by atoms with Gasteiger partial charge in [0.2, 0.25) is 15.9 Å². The molecule has 7 nitrogen and oxygen atoms in total. The summed E-state index contributed by atoms with van der Waals surface area (Å²) in [6.45, 7) is 4.71. The van der Waals surface area contributed by atoms with E-state index in [1.54, 1.807) is 18.9 Å². The van der Waals surface area contributed by atoms with E-state index >= 15 is 0 Å². The fourth-order valence-electron chi connectivity index (χ4n) is 2.21. The lowest BCUT2D eigenvalue weighted by Crippen LogP contribution is -2.49. The Balaban J connectivity index is 2.19. The van der Waals surface area contributed by atoms with Crippen molar-refractivity contribution in [3.63, 3.8) is 0 Å². The van der Waals surface area contributed by atoms with Gasteiger partial charge in [-0.05, 0) is 6.92 Å². The predicted molar refractivity (Wildman–Crippen MR) is 69.0 cm³/mol. The molecule has 1 aliphatic heterocycles. The van der Waals surface area contributed by atoms with Crippen LogP contribution in [0.1, 0.15) is 12.6 Å². The molecule has 0 saturated carbocycles. The molecule has 1 amide bonds. The average Bonchev–Trinajstić information content (AvgIpc) is 2.69. The molecule has 8 heteroatoms. The second-order valence-electron chi connectivity index (χ2n) is 4.66. The van der Waals surface area contributed by atoms with Gasteiger partial charge in [-0.3, -0.25) is 9.48 Å². The molecule has 2 heterocycles. The normalized spacial score (nSPS) is 17.7. The molecular formula is C11H18N4O3S. The molecule has 2 rings (SSSR count). The molecule has 19 heavy (non-hydrogen) atoms. The summed E-state index contributed by atoms with van der Waals surface area (Å²) in [5.74, 6) is -0.0189. The van der Waals surface area contributed by atoms with Gasteiger partial charge < -0.3 is 4.90 Å². The van der Waals surface area contributed by atoms with Crippen molar-refractivity contribution in [3.8, 4) is 0 Å². The highest BCUT2D eigenvalue weighted by molar-refractivity contribution is 7.89. The lowest BCUT2D eigenvalue weighted by molar-refractivity contribution is -0.129. The monoisotopic (exact) mass is 286 g/mol. The first-order valence-corrected chi connectivity index (χ1v) is 7.52. The van der Waals surface area contributed by atoms with Crippen molar-refractivity contribution >= 4 is 15.9 Å². The minimum Gasteiger partial charge on any atom is -0.340 e. The molecule has 0 spiro atoms. The van der Waals surface area contributed by atoms with Crippen LogP contribution in [0.3, 0.4) is 0 Å². The molecule has 0 unspecified atom stereocenters. The number of rotatable bonds is 2. The third-order valence-corrected chi connectivity index (χ3v) is 5.27. The van der Waals surface area contributed by atoms with Crippen molar-refractivity contribution < 1.29 is 13.2 Å². The van der Waals surface area contributed by atoms with Gasteiger partial charge in [-0.2, -0.15) is 9.40 Å². The van der Waals surface area contributed by atoms with E-state index in [0.717, 1.165) is 0 Å². The molecule has 0 radical (unpaired) electrons. The summed E-state index contributed by atoms with van der Waals surface area (Å²) in [4.78, 5) is 13.1. The number of carbonyl (C=O) groups is 1. The summed E-state index contributed by atoms with van der Waals surface area (Å²) in [6, 6.07) is 0. The van der Waals surface area contributed by atoms with Gasteiger partial charge in [0.15, 0.2) is 0 Å². The number of nitrogens with zero attached hydrogens (tertiary/aromatic N) is 4. The third kappa shape index (κ3) is 2.64. The van der Waals surface area contributed by atoms with E-state index in [-0.39, 0.29) is 10.8 Å². The van der Waals surface area contributed by atoms with Gasteiger partial charge in [-0.15, -0.1) is 0 Å². The number of piperazine rings is 1. The predicted octanol–water partition coefficient (Wildman–Crippen LogP) is -0.419. The van der Waals surface area contributed by atoms with Crippen LogP contribution in [0.25, 0.3) is 0 Å². The zero-order valence-electron chi connectivity index (χ0n) is 11.3. The maximum Gasteiger partial charge on any atom is 0.246 e. The number of hydrogen-bond donors (Lipinski definition) is 0. The smallest absolute Gasteiger partial charge is 0.246 e. The molecule has 0 N–H and O–H groups in total. The van der Waals surface area contributed by atoms with Crippen LogP contribution < -0.4 is 0 Å². The highest BCUT2D eigenvalue weighted by Gasteiger charge is 2.31. The van der Waals surface area contributed by atoms with Crippen molar-refractivity contribution in [3.05, 3.63) is 11.9 Å². The molecule has 0 aromatic carbocycles. The second kappa shape index (κ2) is 4.93. The Hall–Kier alpha value is -1.41. The van der Waals surface area contributed by atoms with Crippen LogP contribution >= 0.6 is 0 Å². The summed E-state index contributed by atoms with van der Waals surface area (Å²) in [7, 11) is -1.81. The van der Waals surface area contributed by atoms with Crippen LogP contribution in [0, 0.1) is 6.92 Å². The maximum absolute atomic E-state index is 12.5. The van der Waals surface area contributed by atoms with Crippen LogP contribution in [0.4, 0.5) is 0 Å². The highest BCUT2D eigenvalue weighted by atomic mass is 32.2. The van der Waals surface area contributed by atoms with Crippen LogP contribution in [0.2, 0.25) is 0 Å². The van der Waals surface area contributed by atoms with Gasteiger partial charge in [-0.1, -0.05) is 0 Å². The topological polar surface area (TPSA) is 75.5 Å². The van der Waals surface area contributed by atoms with Crippen molar-refractivity contribution in [2.75, 3.05) is 26.2 Å². The summed E-state index contributed by atoms with van der Waals surface area (Å²) >= 11 is 0. The van der Waals surface area contributed by atoms with E-state index in [4.69, 9.17) is 0 Å². The number of sulfonamides is 1. The van der Waals surface area contributed by atoms with E-state index in [1.165, 1.54) is 22.1 Å². The van der Waals surface area contributed by atoms with Gasteiger partial charge in [0, 0.05) is 46.3 Å². The minimum absolute atomic E-state index is 0.0189. The molecular weight excluding hydrogens is 268 g/mol. The number of amides is 1. The Labute approximate surface area is 112 Å². The zero-order valence-corrected chi connectivity index (χ0v) is 12.1. The van der Waals surface area contributed by atoms with E-state index in [2.05, 4.69) is 5.10 Å². The first-order valence-electron chi connectivity index (χ1n) is 6.08. The third-order valence-electron chi connectivity index (χ3n) is 3.27. The van der Waals surface area contributed by atoms with Crippen molar-refractivity contribution in [1.82, 2.24) is 19.0 Å². The Bertz CT molecular complexity index is 585. The van der Waals surface area contributed by atoms with Crippen LogP contribution in [-0.2, 0) is 21.9 Å². The minimum atomic E-state index is -3.51. The Morgan fingerprint density at radius 3 is 2.26 bits per heavy atom. The summed E-state index contributed by atoms with van der Waals surface area (Å²) in [5.41, 5.74) is 0.497. The van der Waals surface area contributed by atoms with E-state index in [1.807, 2.05) is 0 Å². The Morgan fingerprint density at radius 2 is 1.84 bits per heavy atom. The Morgan fingerprint density at radius 1 is 1.26 bits per heavy atom. The van der Waals surface area contributed by atoms with Gasteiger partial charge in [0.25, 0.3) is 0 Å². The van der Waals surface area contributed by atoms with Gasteiger partial charge in [0.05, 0.1) is 5.69 Å². The fourth-order valence-corrected chi connectivity index (χ4v) is 3.84. The molecule has 0 aliphatic carbocycles. The largest absolute Gasteiger partial charge is 0.340 e. The molecule has 1 fully saturated rings. The first-order chi connectivity index (χ1) is 8.82. The van der Waals surface area contributed by atoms with Gasteiger partial charge >= 0.3 is 0 Å². The standard InChI is InChI=1S/C11H18N4O3S/c1-9-11(8-13(3)12-9)19(17,18)15-6-4-14(5-7-15)10(2)16/h8H,4-7H2,1-3H3. The number of hydrogen-bond acceptors (Lipinski definition) is 4. The van der Waals surface area contributed by atoms with E-state index in [9.17, 15) is 13.2 Å². The maximum atomic E-state index is 12.5. The van der Waals surface area contributed by atoms with Crippen LogP contribution in [-0.4, -0.2) is 59.5 Å².